The third kappa shape index (κ3) is 12.1. The van der Waals surface area contributed by atoms with Gasteiger partial charge in [-0.15, -0.1) is 0 Å². The lowest BCUT2D eigenvalue weighted by Crippen LogP contribution is -2.33. The van der Waals surface area contributed by atoms with Crippen LogP contribution in [0.25, 0.3) is 23.3 Å². The Morgan fingerprint density at radius 2 is 0.925 bits per heavy atom. The third-order valence-electron chi connectivity index (χ3n) is 9.58. The van der Waals surface area contributed by atoms with Gasteiger partial charge in [-0.3, -0.25) is 9.59 Å². The monoisotopic (exact) mass is 930 g/mol. The zero-order valence-corrected chi connectivity index (χ0v) is 34.5. The van der Waals surface area contributed by atoms with Crippen molar-refractivity contribution in [3.63, 3.8) is 0 Å². The van der Waals surface area contributed by atoms with E-state index in [1.165, 1.54) is 66.8 Å². The van der Waals surface area contributed by atoms with Crippen molar-refractivity contribution in [2.45, 2.75) is 32.0 Å². The molecule has 0 fully saturated rings. The zero-order valence-electron chi connectivity index (χ0n) is 34.5. The first-order valence-corrected chi connectivity index (χ1v) is 19.5. The molecule has 67 heavy (non-hydrogen) atoms. The van der Waals surface area contributed by atoms with E-state index in [1.807, 2.05) is 0 Å². The smallest absolute Gasteiger partial charge is 0.428 e. The third-order valence-corrected chi connectivity index (χ3v) is 9.58. The maximum Gasteiger partial charge on any atom is 0.461 e. The molecule has 10 nitrogen and oxygen atoms in total. The van der Waals surface area contributed by atoms with Crippen molar-refractivity contribution in [2.24, 2.45) is 0 Å². The number of anilines is 2. The Balaban J connectivity index is 1.12. The molecule has 0 aliphatic rings. The van der Waals surface area contributed by atoms with Gasteiger partial charge in [0.2, 0.25) is 0 Å². The molecule has 6 rings (SSSR count). The van der Waals surface area contributed by atoms with Crippen LogP contribution < -0.4 is 30.4 Å². The number of halogens is 8. The van der Waals surface area contributed by atoms with Gasteiger partial charge >= 0.3 is 37.0 Å². The summed E-state index contributed by atoms with van der Waals surface area (Å²) in [7, 11) is 0. The minimum Gasteiger partial charge on any atom is -0.428 e. The lowest BCUT2D eigenvalue weighted by molar-refractivity contribution is -0.253. The van der Waals surface area contributed by atoms with Gasteiger partial charge in [0, 0.05) is 22.5 Å². The van der Waals surface area contributed by atoms with Gasteiger partial charge in [-0.05, 0) is 138 Å². The average molecular weight is 931 g/mol. The van der Waals surface area contributed by atoms with E-state index in [-0.39, 0.29) is 39.4 Å². The number of rotatable bonds is 17. The molecular weight excluding hydrogens is 897 g/mol. The number of benzene rings is 6. The number of esters is 2. The molecule has 6 aromatic carbocycles. The minimum atomic E-state index is -4.72. The van der Waals surface area contributed by atoms with Gasteiger partial charge < -0.3 is 30.4 Å². The SMILES string of the molecule is Cc1c(N)ccc(-c2ccc(N)cc2C(=O)C=Cc2ccc(OC(=O)c3ccc(OC(F)(F)C(F)F)cc3)cc2)c1C(=O)C=Cc1ccc(OC(=O)c2ccc(OC(F)(F)C(F)F)cc2)cc1. The summed E-state index contributed by atoms with van der Waals surface area (Å²) in [6, 6.07) is 27.6. The van der Waals surface area contributed by atoms with E-state index in [0.29, 0.717) is 33.5 Å². The van der Waals surface area contributed by atoms with E-state index in [4.69, 9.17) is 20.9 Å². The van der Waals surface area contributed by atoms with Crippen molar-refractivity contribution in [3.8, 4) is 34.1 Å². The largest absolute Gasteiger partial charge is 0.461 e. The van der Waals surface area contributed by atoms with Crippen LogP contribution in [0.15, 0.2) is 140 Å². The van der Waals surface area contributed by atoms with Crippen LogP contribution in [0.4, 0.5) is 46.5 Å². The minimum absolute atomic E-state index is 0.0813. The highest BCUT2D eigenvalue weighted by atomic mass is 19.3. The molecule has 0 spiro atoms. The molecule has 0 saturated heterocycles. The van der Waals surface area contributed by atoms with Crippen molar-refractivity contribution < 1.29 is 73.2 Å². The van der Waals surface area contributed by atoms with Gasteiger partial charge in [0.25, 0.3) is 0 Å². The summed E-state index contributed by atoms with van der Waals surface area (Å²) in [5.74, 6) is -3.72. The second kappa shape index (κ2) is 20.3. The highest BCUT2D eigenvalue weighted by molar-refractivity contribution is 6.16. The van der Waals surface area contributed by atoms with Crippen molar-refractivity contribution in [3.05, 3.63) is 178 Å². The molecule has 0 bridgehead atoms. The zero-order chi connectivity index (χ0) is 48.6. The Kier molecular flexibility index (Phi) is 14.6. The number of ether oxygens (including phenoxy) is 4. The van der Waals surface area contributed by atoms with Crippen LogP contribution in [0, 0.1) is 6.92 Å². The van der Waals surface area contributed by atoms with E-state index >= 15 is 0 Å². The summed E-state index contributed by atoms with van der Waals surface area (Å²) in [5.41, 5.74) is 15.3. The molecule has 0 aliphatic carbocycles. The van der Waals surface area contributed by atoms with Crippen molar-refractivity contribution in [1.29, 1.82) is 0 Å². The summed E-state index contributed by atoms with van der Waals surface area (Å²) in [5, 5.41) is 0. The van der Waals surface area contributed by atoms with E-state index in [0.717, 1.165) is 48.5 Å². The number of nitrogen functional groups attached to an aromatic ring is 2. The van der Waals surface area contributed by atoms with Gasteiger partial charge in [-0.2, -0.15) is 35.1 Å². The molecule has 0 unspecified atom stereocenters. The van der Waals surface area contributed by atoms with Gasteiger partial charge in [0.1, 0.15) is 23.0 Å². The van der Waals surface area contributed by atoms with E-state index in [1.54, 1.807) is 43.3 Å². The first-order valence-electron chi connectivity index (χ1n) is 19.5. The first kappa shape index (κ1) is 48.2. The maximum absolute atomic E-state index is 13.9. The van der Waals surface area contributed by atoms with Crippen LogP contribution in [-0.4, -0.2) is 48.6 Å². The highest BCUT2D eigenvalue weighted by Crippen LogP contribution is 2.35. The summed E-state index contributed by atoms with van der Waals surface area (Å²) in [6.45, 7) is 1.65. The van der Waals surface area contributed by atoms with Crippen LogP contribution in [-0.2, 0) is 0 Å². The number of carbonyl (C=O) groups excluding carboxylic acids is 4. The normalized spacial score (nSPS) is 11.9. The molecule has 344 valence electrons. The molecule has 0 amide bonds. The Morgan fingerprint density at radius 1 is 0.522 bits per heavy atom. The molecule has 6 aromatic rings. The number of nitrogens with two attached hydrogens (primary N) is 2. The molecule has 0 atom stereocenters. The van der Waals surface area contributed by atoms with E-state index in [9.17, 15) is 54.3 Å². The number of hydrogen-bond donors (Lipinski definition) is 2. The van der Waals surface area contributed by atoms with Crippen LogP contribution in [0.3, 0.4) is 0 Å². The summed E-state index contributed by atoms with van der Waals surface area (Å²) >= 11 is 0. The predicted octanol–water partition coefficient (Wildman–Crippen LogP) is 11.5. The fraction of sp³-hybridized carbons (Fsp3) is 0.102. The summed E-state index contributed by atoms with van der Waals surface area (Å²) in [4.78, 5) is 52.9. The Morgan fingerprint density at radius 3 is 1.36 bits per heavy atom. The number of alkyl halides is 8. The Bertz CT molecular complexity index is 2850. The molecule has 0 aliphatic heterocycles. The molecule has 0 aromatic heterocycles. The highest BCUT2D eigenvalue weighted by Gasteiger charge is 2.44. The number of allylic oxidation sites excluding steroid dienone is 2. The van der Waals surface area contributed by atoms with Gasteiger partial charge in [0.05, 0.1) is 11.1 Å². The summed E-state index contributed by atoms with van der Waals surface area (Å²) < 4.78 is 121. The van der Waals surface area contributed by atoms with Gasteiger partial charge in [0.15, 0.2) is 11.6 Å². The molecule has 0 heterocycles. The molecule has 18 heteroatoms. The fourth-order valence-corrected chi connectivity index (χ4v) is 6.13. The standard InChI is InChI=1S/C49H34F8N2O8/c1-27-40(59)23-22-38(43(27)42(61)25-7-29-4-15-34(16-5-29)65-45(63)31-10-19-36(20-11-31)67-49(56,57)47(52)53)37-21-12-32(58)26-39(37)41(60)24-6-28-2-13-33(14-3-28)64-44(62)30-8-17-35(18-9-30)66-48(54,55)46(50)51/h2-26,46-47H,58-59H2,1H3. The Hall–Kier alpha value is -8.28. The quantitative estimate of drug-likeness (QED) is 0.0225. The van der Waals surface area contributed by atoms with Crippen molar-refractivity contribution in [2.75, 3.05) is 11.5 Å². The van der Waals surface area contributed by atoms with Crippen LogP contribution in [0.2, 0.25) is 0 Å². The fourth-order valence-electron chi connectivity index (χ4n) is 6.13. The number of hydrogen-bond acceptors (Lipinski definition) is 10. The predicted molar refractivity (Wildman–Crippen MR) is 231 cm³/mol. The molecule has 0 saturated carbocycles. The number of carbonyl (C=O) groups is 4. The Labute approximate surface area is 375 Å². The topological polar surface area (TPSA) is 157 Å². The van der Waals surface area contributed by atoms with Crippen LogP contribution in [0.1, 0.15) is 58.1 Å². The molecular formula is C49H34F8N2O8. The van der Waals surface area contributed by atoms with E-state index < -0.39 is 60.1 Å². The lowest BCUT2D eigenvalue weighted by Gasteiger charge is -2.16. The van der Waals surface area contributed by atoms with Crippen molar-refractivity contribution >= 4 is 47.0 Å². The summed E-state index contributed by atoms with van der Waals surface area (Å²) in [6.07, 6.45) is -12.0. The second-order valence-electron chi connectivity index (χ2n) is 14.3. The number of ketones is 2. The average Bonchev–Trinajstić information content (AvgIpc) is 3.29. The molecule has 4 N–H and O–H groups in total. The van der Waals surface area contributed by atoms with Crippen molar-refractivity contribution in [1.82, 2.24) is 0 Å². The first-order chi connectivity index (χ1) is 31.7. The lowest BCUT2D eigenvalue weighted by atomic mass is 9.88. The second-order valence-corrected chi connectivity index (χ2v) is 14.3. The van der Waals surface area contributed by atoms with E-state index in [2.05, 4.69) is 9.47 Å². The maximum atomic E-state index is 13.9. The van der Waals surface area contributed by atoms with Crippen LogP contribution in [0.5, 0.6) is 23.0 Å². The van der Waals surface area contributed by atoms with Crippen LogP contribution >= 0.6 is 0 Å². The van der Waals surface area contributed by atoms with Gasteiger partial charge in [-0.25, -0.2) is 9.59 Å². The molecule has 0 radical (unpaired) electrons. The van der Waals surface area contributed by atoms with Gasteiger partial charge in [-0.1, -0.05) is 48.6 Å².